The average Bonchev–Trinajstić information content (AvgIpc) is 3.44. The first-order valence-electron chi connectivity index (χ1n) is 10.2. The van der Waals surface area contributed by atoms with Gasteiger partial charge in [-0.1, -0.05) is 0 Å². The molecule has 2 aromatic rings. The molecule has 2 aromatic heterocycles. The molecule has 8 heteroatoms. The van der Waals surface area contributed by atoms with Gasteiger partial charge in [-0.25, -0.2) is 0 Å². The van der Waals surface area contributed by atoms with Crippen molar-refractivity contribution in [1.29, 1.82) is 0 Å². The van der Waals surface area contributed by atoms with E-state index in [-0.39, 0.29) is 24.2 Å². The zero-order valence-corrected chi connectivity index (χ0v) is 16.2. The number of aryl methyl sites for hydroxylation is 1. The van der Waals surface area contributed by atoms with Crippen LogP contribution in [0.25, 0.3) is 11.0 Å². The van der Waals surface area contributed by atoms with Gasteiger partial charge in [-0.3, -0.25) is 19.4 Å². The molecule has 3 aliphatic rings. The molecule has 0 unspecified atom stereocenters. The Kier molecular flexibility index (Phi) is 4.37. The van der Waals surface area contributed by atoms with E-state index in [2.05, 4.69) is 20.3 Å². The van der Waals surface area contributed by atoms with Crippen LogP contribution in [0.3, 0.4) is 0 Å². The van der Waals surface area contributed by atoms with Crippen LogP contribution in [0.15, 0.2) is 18.5 Å². The smallest absolute Gasteiger partial charge is 0.252 e. The maximum absolute atomic E-state index is 12.7. The van der Waals surface area contributed by atoms with Crippen LogP contribution in [0.5, 0.6) is 0 Å². The second-order valence-electron chi connectivity index (χ2n) is 8.45. The minimum absolute atomic E-state index is 0.0370. The minimum atomic E-state index is -0.0949. The Balaban J connectivity index is 1.26. The molecule has 28 heavy (non-hydrogen) atoms. The molecule has 3 saturated heterocycles. The largest absolute Gasteiger partial charge is 0.396 e. The molecular weight excluding hydrogens is 358 g/mol. The quantitative estimate of drug-likeness (QED) is 0.755. The van der Waals surface area contributed by atoms with Gasteiger partial charge in [-0.15, -0.1) is 0 Å². The fourth-order valence-corrected chi connectivity index (χ4v) is 5.49. The molecule has 3 aliphatic heterocycles. The Hall–Kier alpha value is -2.03. The monoisotopic (exact) mass is 385 g/mol. The molecule has 150 valence electrons. The number of aliphatic hydroxyl groups excluding tert-OH is 1. The Morgan fingerprint density at radius 2 is 2.36 bits per heavy atom. The van der Waals surface area contributed by atoms with E-state index in [1.807, 2.05) is 13.1 Å². The summed E-state index contributed by atoms with van der Waals surface area (Å²) in [4.78, 5) is 19.5. The van der Waals surface area contributed by atoms with E-state index in [4.69, 9.17) is 9.84 Å². The first-order valence-corrected chi connectivity index (χ1v) is 10.2. The first kappa shape index (κ1) is 18.0. The van der Waals surface area contributed by atoms with E-state index in [9.17, 15) is 4.79 Å². The molecule has 4 atom stereocenters. The molecule has 1 amide bonds. The standard InChI is InChI=1S/C20H27N5O3/c1-24-17-7-13(8-21-16(17)10-23-24)19(27)22-9-14-15-11-25(5-2-6-26)12-20(15)4-3-18(14)28-20/h7-8,10,14-15,18,26H,2-6,9,11-12H2,1H3,(H,22,27)/t14-,15+,18+,20+/m0/s1. The third kappa shape index (κ3) is 2.82. The van der Waals surface area contributed by atoms with E-state index in [0.29, 0.717) is 23.9 Å². The van der Waals surface area contributed by atoms with Crippen LogP contribution in [0.1, 0.15) is 29.6 Å². The summed E-state index contributed by atoms with van der Waals surface area (Å²) in [7, 11) is 1.85. The molecule has 0 aliphatic carbocycles. The number of aliphatic hydroxyl groups is 1. The molecule has 5 heterocycles. The topological polar surface area (TPSA) is 92.5 Å². The normalized spacial score (nSPS) is 31.6. The number of amides is 1. The van der Waals surface area contributed by atoms with Crippen molar-refractivity contribution >= 4 is 16.9 Å². The van der Waals surface area contributed by atoms with Crippen LogP contribution in [0.4, 0.5) is 0 Å². The molecule has 1 spiro atoms. The van der Waals surface area contributed by atoms with Crippen LogP contribution in [-0.4, -0.2) is 75.2 Å². The zero-order valence-electron chi connectivity index (χ0n) is 16.2. The Bertz CT molecular complexity index is 899. The Morgan fingerprint density at radius 3 is 3.21 bits per heavy atom. The maximum Gasteiger partial charge on any atom is 0.252 e. The molecular formula is C20H27N5O3. The van der Waals surface area contributed by atoms with Crippen LogP contribution in [0.2, 0.25) is 0 Å². The number of aromatic nitrogens is 3. The number of rotatable bonds is 6. The molecule has 8 nitrogen and oxygen atoms in total. The van der Waals surface area contributed by atoms with Gasteiger partial charge in [0.15, 0.2) is 0 Å². The number of ether oxygens (including phenoxy) is 1. The summed E-state index contributed by atoms with van der Waals surface area (Å²) >= 11 is 0. The summed E-state index contributed by atoms with van der Waals surface area (Å²) in [6.07, 6.45) is 6.56. The van der Waals surface area contributed by atoms with Gasteiger partial charge in [0.05, 0.1) is 29.0 Å². The van der Waals surface area contributed by atoms with E-state index < -0.39 is 0 Å². The summed E-state index contributed by atoms with van der Waals surface area (Å²) in [5.74, 6) is 0.718. The molecule has 0 aromatic carbocycles. The van der Waals surface area contributed by atoms with E-state index >= 15 is 0 Å². The minimum Gasteiger partial charge on any atom is -0.396 e. The van der Waals surface area contributed by atoms with E-state index in [1.165, 1.54) is 0 Å². The van der Waals surface area contributed by atoms with Gasteiger partial charge < -0.3 is 15.2 Å². The average molecular weight is 385 g/mol. The van der Waals surface area contributed by atoms with E-state index in [0.717, 1.165) is 49.9 Å². The number of nitrogens with one attached hydrogen (secondary N) is 1. The fraction of sp³-hybridized carbons (Fsp3) is 0.650. The first-order chi connectivity index (χ1) is 13.6. The summed E-state index contributed by atoms with van der Waals surface area (Å²) in [6, 6.07) is 1.84. The highest BCUT2D eigenvalue weighted by Gasteiger charge is 2.62. The second kappa shape index (κ2) is 6.79. The summed E-state index contributed by atoms with van der Waals surface area (Å²) in [6.45, 7) is 3.73. The molecule has 0 radical (unpaired) electrons. The molecule has 2 bridgehead atoms. The fourth-order valence-electron chi connectivity index (χ4n) is 5.49. The number of fused-ring (bicyclic) bond motifs is 2. The number of carbonyl (C=O) groups excluding carboxylic acids is 1. The van der Waals surface area contributed by atoms with Crippen molar-refractivity contribution in [2.45, 2.75) is 31.0 Å². The van der Waals surface area contributed by atoms with Crippen molar-refractivity contribution < 1.29 is 14.6 Å². The Labute approximate surface area is 163 Å². The van der Waals surface area contributed by atoms with Crippen molar-refractivity contribution in [2.75, 3.05) is 32.8 Å². The number of hydrogen-bond donors (Lipinski definition) is 2. The van der Waals surface area contributed by atoms with Gasteiger partial charge in [0, 0.05) is 57.9 Å². The van der Waals surface area contributed by atoms with Crippen LogP contribution in [-0.2, 0) is 11.8 Å². The number of likely N-dealkylation sites (tertiary alicyclic amines) is 1. The zero-order chi connectivity index (χ0) is 19.3. The van der Waals surface area contributed by atoms with Gasteiger partial charge in [0.25, 0.3) is 5.91 Å². The molecule has 5 rings (SSSR count). The van der Waals surface area contributed by atoms with Crippen molar-refractivity contribution in [2.24, 2.45) is 18.9 Å². The summed E-state index contributed by atoms with van der Waals surface area (Å²) in [5, 5.41) is 16.4. The number of hydrogen-bond acceptors (Lipinski definition) is 6. The van der Waals surface area contributed by atoms with Crippen molar-refractivity contribution in [3.05, 3.63) is 24.0 Å². The number of carbonyl (C=O) groups is 1. The maximum atomic E-state index is 12.7. The molecule has 0 saturated carbocycles. The van der Waals surface area contributed by atoms with Crippen LogP contribution < -0.4 is 5.32 Å². The Morgan fingerprint density at radius 1 is 1.46 bits per heavy atom. The van der Waals surface area contributed by atoms with Gasteiger partial charge in [-0.05, 0) is 25.3 Å². The van der Waals surface area contributed by atoms with E-state index in [1.54, 1.807) is 17.1 Å². The molecule has 2 N–H and O–H groups in total. The summed E-state index contributed by atoms with van der Waals surface area (Å²) in [5.41, 5.74) is 2.16. The van der Waals surface area contributed by atoms with Gasteiger partial charge >= 0.3 is 0 Å². The highest BCUT2D eigenvalue weighted by atomic mass is 16.5. The SMILES string of the molecule is Cn1ncc2ncc(C(=O)NC[C@H]3[C@H]4CN(CCCO)C[C@]45CC[C@H]3O5)cc21. The van der Waals surface area contributed by atoms with Gasteiger partial charge in [0.2, 0.25) is 0 Å². The van der Waals surface area contributed by atoms with Gasteiger partial charge in [0.1, 0.15) is 5.52 Å². The lowest BCUT2D eigenvalue weighted by molar-refractivity contribution is 0.00239. The van der Waals surface area contributed by atoms with Crippen molar-refractivity contribution in [1.82, 2.24) is 25.0 Å². The second-order valence-corrected chi connectivity index (χ2v) is 8.45. The lowest BCUT2D eigenvalue weighted by Crippen LogP contribution is -2.41. The lowest BCUT2D eigenvalue weighted by atomic mass is 9.73. The third-order valence-electron chi connectivity index (χ3n) is 6.85. The number of nitrogens with zero attached hydrogens (tertiary/aromatic N) is 4. The van der Waals surface area contributed by atoms with Crippen LogP contribution in [0, 0.1) is 11.8 Å². The lowest BCUT2D eigenvalue weighted by Gasteiger charge is -2.29. The highest BCUT2D eigenvalue weighted by Crippen LogP contribution is 2.54. The van der Waals surface area contributed by atoms with Gasteiger partial charge in [-0.2, -0.15) is 5.10 Å². The molecule has 3 fully saturated rings. The predicted octanol–water partition coefficient (Wildman–Crippen LogP) is 0.560. The van der Waals surface area contributed by atoms with Crippen molar-refractivity contribution in [3.63, 3.8) is 0 Å². The summed E-state index contributed by atoms with van der Waals surface area (Å²) < 4.78 is 8.16. The van der Waals surface area contributed by atoms with Crippen LogP contribution >= 0.6 is 0 Å². The highest BCUT2D eigenvalue weighted by molar-refractivity contribution is 5.96. The third-order valence-corrected chi connectivity index (χ3v) is 6.85. The van der Waals surface area contributed by atoms with Crippen molar-refractivity contribution in [3.8, 4) is 0 Å². The number of pyridine rings is 1. The predicted molar refractivity (Wildman–Crippen MR) is 103 cm³/mol.